The summed E-state index contributed by atoms with van der Waals surface area (Å²) in [5.41, 5.74) is 0.763. The van der Waals surface area contributed by atoms with Crippen LogP contribution in [0.25, 0.3) is 6.08 Å². The molecule has 0 aliphatic carbocycles. The monoisotopic (exact) mass is 370 g/mol. The van der Waals surface area contributed by atoms with Gasteiger partial charge in [-0.05, 0) is 36.6 Å². The van der Waals surface area contributed by atoms with E-state index in [0.717, 1.165) is 42.0 Å². The normalized spacial score (nSPS) is 11.0. The minimum atomic E-state index is -0.489. The average molecular weight is 370 g/mol. The summed E-state index contributed by atoms with van der Waals surface area (Å²) in [4.78, 5) is 12.3. The van der Waals surface area contributed by atoms with Crippen LogP contribution in [0.3, 0.4) is 0 Å². The van der Waals surface area contributed by atoms with Crippen molar-refractivity contribution in [1.82, 2.24) is 10.2 Å². The molecule has 0 fully saturated rings. The van der Waals surface area contributed by atoms with Gasteiger partial charge >= 0.3 is 0 Å². The predicted octanol–water partition coefficient (Wildman–Crippen LogP) is 4.22. The van der Waals surface area contributed by atoms with Crippen LogP contribution in [0.15, 0.2) is 29.8 Å². The highest BCUT2D eigenvalue weighted by atomic mass is 32.1. The van der Waals surface area contributed by atoms with E-state index in [-0.39, 0.29) is 5.57 Å². The molecule has 1 amide bonds. The van der Waals surface area contributed by atoms with Crippen LogP contribution in [0.5, 0.6) is 5.75 Å². The summed E-state index contributed by atoms with van der Waals surface area (Å²) in [5, 5.41) is 21.2. The summed E-state index contributed by atoms with van der Waals surface area (Å²) >= 11 is 1.34. The lowest BCUT2D eigenvalue weighted by molar-refractivity contribution is -0.112. The van der Waals surface area contributed by atoms with Gasteiger partial charge in [-0.15, -0.1) is 10.2 Å². The van der Waals surface area contributed by atoms with Crippen molar-refractivity contribution in [1.29, 1.82) is 5.26 Å². The van der Waals surface area contributed by atoms with Crippen molar-refractivity contribution in [3.05, 3.63) is 40.4 Å². The molecule has 1 aromatic carbocycles. The molecule has 1 aromatic heterocycles. The van der Waals surface area contributed by atoms with Crippen molar-refractivity contribution >= 4 is 28.5 Å². The molecule has 0 aliphatic rings. The summed E-state index contributed by atoms with van der Waals surface area (Å²) in [7, 11) is 0. The average Bonchev–Trinajstić information content (AvgIpc) is 3.10. The summed E-state index contributed by atoms with van der Waals surface area (Å²) in [6, 6.07) is 9.19. The van der Waals surface area contributed by atoms with E-state index in [4.69, 9.17) is 4.74 Å². The highest BCUT2D eigenvalue weighted by Gasteiger charge is 2.12. The number of amides is 1. The molecule has 0 unspecified atom stereocenters. The van der Waals surface area contributed by atoms with Crippen molar-refractivity contribution in [3.8, 4) is 11.8 Å². The van der Waals surface area contributed by atoms with Crippen LogP contribution in [0.1, 0.15) is 43.7 Å². The Morgan fingerprint density at radius 3 is 2.69 bits per heavy atom. The zero-order chi connectivity index (χ0) is 18.8. The molecule has 2 rings (SSSR count). The van der Waals surface area contributed by atoms with Crippen LogP contribution < -0.4 is 10.1 Å². The molecule has 0 bridgehead atoms. The number of nitrogens with one attached hydrogen (secondary N) is 1. The zero-order valence-corrected chi connectivity index (χ0v) is 15.8. The Balaban J connectivity index is 2.02. The van der Waals surface area contributed by atoms with Gasteiger partial charge in [0.05, 0.1) is 6.61 Å². The van der Waals surface area contributed by atoms with Gasteiger partial charge in [0.1, 0.15) is 22.4 Å². The summed E-state index contributed by atoms with van der Waals surface area (Å²) in [6.45, 7) is 4.80. The second-order valence-corrected chi connectivity index (χ2v) is 6.71. The minimum Gasteiger partial charge on any atom is -0.494 e. The van der Waals surface area contributed by atoms with E-state index in [0.29, 0.717) is 11.7 Å². The van der Waals surface area contributed by atoms with E-state index in [2.05, 4.69) is 22.4 Å². The first-order valence-corrected chi connectivity index (χ1v) is 9.46. The van der Waals surface area contributed by atoms with Gasteiger partial charge in [0.25, 0.3) is 5.91 Å². The molecule has 136 valence electrons. The Labute approximate surface area is 157 Å². The van der Waals surface area contributed by atoms with Crippen LogP contribution in [0.4, 0.5) is 5.13 Å². The van der Waals surface area contributed by atoms with Gasteiger partial charge in [0, 0.05) is 6.42 Å². The van der Waals surface area contributed by atoms with E-state index in [9.17, 15) is 10.1 Å². The SMILES string of the molecule is CCCCc1nnc(NC(=O)/C(C#N)=C/c2ccc(OCCC)cc2)s1. The topological polar surface area (TPSA) is 87.9 Å². The van der Waals surface area contributed by atoms with Gasteiger partial charge in [0.15, 0.2) is 0 Å². The molecule has 0 radical (unpaired) electrons. The third-order valence-electron chi connectivity index (χ3n) is 3.46. The second-order valence-electron chi connectivity index (χ2n) is 5.65. The van der Waals surface area contributed by atoms with Crippen LogP contribution >= 0.6 is 11.3 Å². The molecule has 7 heteroatoms. The lowest BCUT2D eigenvalue weighted by atomic mass is 10.1. The first-order chi connectivity index (χ1) is 12.7. The fraction of sp³-hybridized carbons (Fsp3) is 0.368. The summed E-state index contributed by atoms with van der Waals surface area (Å²) in [5.74, 6) is 0.275. The highest BCUT2D eigenvalue weighted by molar-refractivity contribution is 7.15. The molecular weight excluding hydrogens is 348 g/mol. The van der Waals surface area contributed by atoms with E-state index in [1.54, 1.807) is 0 Å². The van der Waals surface area contributed by atoms with Crippen molar-refractivity contribution in [2.24, 2.45) is 0 Å². The van der Waals surface area contributed by atoms with E-state index in [1.807, 2.05) is 37.3 Å². The molecule has 26 heavy (non-hydrogen) atoms. The number of aryl methyl sites for hydroxylation is 1. The maximum Gasteiger partial charge on any atom is 0.268 e. The maximum absolute atomic E-state index is 12.3. The molecule has 1 N–H and O–H groups in total. The first-order valence-electron chi connectivity index (χ1n) is 8.64. The first kappa shape index (κ1) is 19.6. The summed E-state index contributed by atoms with van der Waals surface area (Å²) < 4.78 is 5.52. The summed E-state index contributed by atoms with van der Waals surface area (Å²) in [6.07, 6.45) is 5.43. The fourth-order valence-electron chi connectivity index (χ4n) is 2.09. The number of hydrogen-bond donors (Lipinski definition) is 1. The Bertz CT molecular complexity index is 791. The standard InChI is InChI=1S/C19H22N4O2S/c1-3-5-6-17-22-23-19(26-17)21-18(24)15(13-20)12-14-7-9-16(10-8-14)25-11-4-2/h7-10,12H,3-6,11H2,1-2H3,(H,21,23,24)/b15-12+. The molecule has 6 nitrogen and oxygen atoms in total. The largest absolute Gasteiger partial charge is 0.494 e. The van der Waals surface area contributed by atoms with Gasteiger partial charge in [-0.1, -0.05) is 43.7 Å². The van der Waals surface area contributed by atoms with Crippen LogP contribution in [0.2, 0.25) is 0 Å². The van der Waals surface area contributed by atoms with Crippen LogP contribution in [0, 0.1) is 11.3 Å². The van der Waals surface area contributed by atoms with Crippen LogP contribution in [-0.2, 0) is 11.2 Å². The number of carbonyl (C=O) groups is 1. The van der Waals surface area contributed by atoms with Crippen molar-refractivity contribution in [2.45, 2.75) is 39.5 Å². The zero-order valence-electron chi connectivity index (χ0n) is 15.0. The fourth-order valence-corrected chi connectivity index (χ4v) is 2.87. The maximum atomic E-state index is 12.3. The molecular formula is C19H22N4O2S. The van der Waals surface area contributed by atoms with Gasteiger partial charge in [-0.2, -0.15) is 5.26 Å². The van der Waals surface area contributed by atoms with Gasteiger partial charge < -0.3 is 4.74 Å². The number of rotatable bonds is 9. The number of benzene rings is 1. The predicted molar refractivity (Wildman–Crippen MR) is 103 cm³/mol. The number of unbranched alkanes of at least 4 members (excludes halogenated alkanes) is 1. The number of hydrogen-bond acceptors (Lipinski definition) is 6. The Morgan fingerprint density at radius 1 is 1.27 bits per heavy atom. The molecule has 0 aliphatic heterocycles. The van der Waals surface area contributed by atoms with Crippen molar-refractivity contribution < 1.29 is 9.53 Å². The number of ether oxygens (including phenoxy) is 1. The van der Waals surface area contributed by atoms with Gasteiger partial charge in [-0.3, -0.25) is 10.1 Å². The van der Waals surface area contributed by atoms with Gasteiger partial charge in [0.2, 0.25) is 5.13 Å². The van der Waals surface area contributed by atoms with E-state index in [1.165, 1.54) is 17.4 Å². The number of carbonyl (C=O) groups excluding carboxylic acids is 1. The van der Waals surface area contributed by atoms with Crippen molar-refractivity contribution in [2.75, 3.05) is 11.9 Å². The Kier molecular flexibility index (Phi) is 7.77. The third-order valence-corrected chi connectivity index (χ3v) is 4.36. The molecule has 1 heterocycles. The van der Waals surface area contributed by atoms with E-state index >= 15 is 0 Å². The minimum absolute atomic E-state index is 0.0116. The lowest BCUT2D eigenvalue weighted by Gasteiger charge is -2.04. The molecule has 2 aromatic rings. The van der Waals surface area contributed by atoms with E-state index < -0.39 is 5.91 Å². The van der Waals surface area contributed by atoms with Crippen LogP contribution in [-0.4, -0.2) is 22.7 Å². The lowest BCUT2D eigenvalue weighted by Crippen LogP contribution is -2.13. The molecule has 0 spiro atoms. The Morgan fingerprint density at radius 2 is 2.04 bits per heavy atom. The smallest absolute Gasteiger partial charge is 0.268 e. The van der Waals surface area contributed by atoms with Crippen molar-refractivity contribution in [3.63, 3.8) is 0 Å². The number of aromatic nitrogens is 2. The molecule has 0 saturated carbocycles. The van der Waals surface area contributed by atoms with Gasteiger partial charge in [-0.25, -0.2) is 0 Å². The quantitative estimate of drug-likeness (QED) is 0.527. The third kappa shape index (κ3) is 5.97. The molecule has 0 atom stereocenters. The second kappa shape index (κ2) is 10.3. The Hall–Kier alpha value is -2.72. The number of nitriles is 1. The number of nitrogens with zero attached hydrogens (tertiary/aromatic N) is 3. The molecule has 0 saturated heterocycles. The highest BCUT2D eigenvalue weighted by Crippen LogP contribution is 2.19. The number of anilines is 1.